The Balaban J connectivity index is 2.41. The second kappa shape index (κ2) is 9.31. The van der Waals surface area contributed by atoms with E-state index in [9.17, 15) is 14.4 Å². The summed E-state index contributed by atoms with van der Waals surface area (Å²) < 4.78 is 4.85. The summed E-state index contributed by atoms with van der Waals surface area (Å²) in [6.45, 7) is 7.13. The molecule has 0 saturated carbocycles. The molecule has 0 fully saturated rings. The summed E-state index contributed by atoms with van der Waals surface area (Å²) in [5.41, 5.74) is 0. The highest BCUT2D eigenvalue weighted by Crippen LogP contribution is 2.14. The van der Waals surface area contributed by atoms with E-state index < -0.39 is 23.2 Å². The van der Waals surface area contributed by atoms with Gasteiger partial charge < -0.3 is 20.3 Å². The van der Waals surface area contributed by atoms with Gasteiger partial charge in [0.25, 0.3) is 0 Å². The molecular formula is C15H23N3O5S. The number of nitrogens with one attached hydrogen (secondary N) is 2. The fraction of sp³-hybridized carbons (Fsp3) is 0.600. The van der Waals surface area contributed by atoms with E-state index in [-0.39, 0.29) is 17.6 Å². The van der Waals surface area contributed by atoms with Crippen molar-refractivity contribution < 1.29 is 24.0 Å². The normalized spacial score (nSPS) is 13.4. The highest BCUT2D eigenvalue weighted by Gasteiger charge is 2.22. The molecule has 1 unspecified atom stereocenters. The van der Waals surface area contributed by atoms with Gasteiger partial charge in [0.15, 0.2) is 5.82 Å². The van der Waals surface area contributed by atoms with Crippen LogP contribution in [0.5, 0.6) is 0 Å². The van der Waals surface area contributed by atoms with Crippen LogP contribution in [0.15, 0.2) is 10.6 Å². The van der Waals surface area contributed by atoms with E-state index in [0.717, 1.165) is 11.8 Å². The van der Waals surface area contributed by atoms with Gasteiger partial charge in [-0.2, -0.15) is 0 Å². The molecule has 0 bridgehead atoms. The van der Waals surface area contributed by atoms with Crippen LogP contribution in [-0.2, 0) is 14.4 Å². The number of rotatable bonds is 9. The minimum absolute atomic E-state index is 0.00565. The molecular weight excluding hydrogens is 334 g/mol. The molecule has 0 saturated heterocycles. The molecule has 24 heavy (non-hydrogen) atoms. The van der Waals surface area contributed by atoms with Crippen molar-refractivity contribution in [1.82, 2.24) is 10.5 Å². The van der Waals surface area contributed by atoms with Crippen LogP contribution in [0, 0.1) is 12.8 Å². The smallest absolute Gasteiger partial charge is 0.326 e. The predicted molar refractivity (Wildman–Crippen MR) is 90.8 cm³/mol. The maximum Gasteiger partial charge on any atom is 0.326 e. The minimum Gasteiger partial charge on any atom is -0.480 e. The van der Waals surface area contributed by atoms with E-state index in [0.29, 0.717) is 18.0 Å². The Kier molecular flexibility index (Phi) is 7.76. The molecule has 1 aromatic heterocycles. The summed E-state index contributed by atoms with van der Waals surface area (Å²) in [4.78, 5) is 35.0. The largest absolute Gasteiger partial charge is 0.480 e. The standard InChI is InChI=1S/C15H23N3O5S/c1-8(2)5-11(15(21)22)16-13(19)7-24-10(4)14(20)17-12-6-9(3)23-18-12/h6,8,10-11H,5,7H2,1-4H3,(H,16,19)(H,21,22)(H,17,18,20)/t10?,11-/m1/s1. The Hall–Kier alpha value is -2.03. The number of hydrogen-bond donors (Lipinski definition) is 3. The number of anilines is 1. The Bertz CT molecular complexity index is 587. The molecule has 0 spiro atoms. The van der Waals surface area contributed by atoms with E-state index in [2.05, 4.69) is 15.8 Å². The number of nitrogens with zero attached hydrogens (tertiary/aromatic N) is 1. The van der Waals surface area contributed by atoms with Crippen LogP contribution in [0.3, 0.4) is 0 Å². The number of amides is 2. The van der Waals surface area contributed by atoms with Crippen molar-refractivity contribution >= 4 is 35.4 Å². The van der Waals surface area contributed by atoms with Crippen molar-refractivity contribution in [3.05, 3.63) is 11.8 Å². The molecule has 0 aliphatic carbocycles. The summed E-state index contributed by atoms with van der Waals surface area (Å²) in [6, 6.07) is 0.672. The monoisotopic (exact) mass is 357 g/mol. The molecule has 3 N–H and O–H groups in total. The fourth-order valence-electron chi connectivity index (χ4n) is 1.86. The van der Waals surface area contributed by atoms with Crippen LogP contribution < -0.4 is 10.6 Å². The second-order valence-corrected chi connectivity index (χ2v) is 7.18. The number of hydrogen-bond acceptors (Lipinski definition) is 6. The van der Waals surface area contributed by atoms with Crippen molar-refractivity contribution in [2.75, 3.05) is 11.1 Å². The predicted octanol–water partition coefficient (Wildman–Crippen LogP) is 1.66. The molecule has 0 aliphatic rings. The number of carbonyl (C=O) groups is 3. The number of carboxylic acids is 1. The van der Waals surface area contributed by atoms with Crippen LogP contribution >= 0.6 is 11.8 Å². The zero-order chi connectivity index (χ0) is 18.3. The lowest BCUT2D eigenvalue weighted by molar-refractivity contribution is -0.141. The number of aromatic nitrogens is 1. The third kappa shape index (κ3) is 7.03. The maximum absolute atomic E-state index is 12.0. The summed E-state index contributed by atoms with van der Waals surface area (Å²) in [5.74, 6) is -0.743. The molecule has 9 heteroatoms. The molecule has 2 amide bonds. The van der Waals surface area contributed by atoms with Gasteiger partial charge in [0.1, 0.15) is 11.8 Å². The van der Waals surface area contributed by atoms with Crippen LogP contribution in [-0.4, -0.2) is 45.1 Å². The Morgan fingerprint density at radius 2 is 2.00 bits per heavy atom. The highest BCUT2D eigenvalue weighted by molar-refractivity contribution is 8.01. The van der Waals surface area contributed by atoms with Gasteiger partial charge in [-0.05, 0) is 26.2 Å². The average molecular weight is 357 g/mol. The van der Waals surface area contributed by atoms with Crippen molar-refractivity contribution in [2.45, 2.75) is 45.4 Å². The summed E-state index contributed by atoms with van der Waals surface area (Å²) in [6.07, 6.45) is 0.354. The number of carbonyl (C=O) groups excluding carboxylic acids is 2. The number of thioether (sulfide) groups is 1. The van der Waals surface area contributed by atoms with Crippen LogP contribution in [0.25, 0.3) is 0 Å². The van der Waals surface area contributed by atoms with Gasteiger partial charge in [0.2, 0.25) is 11.8 Å². The first-order chi connectivity index (χ1) is 11.2. The topological polar surface area (TPSA) is 122 Å². The first kappa shape index (κ1) is 20.0. The van der Waals surface area contributed by atoms with Crippen LogP contribution in [0.4, 0.5) is 5.82 Å². The van der Waals surface area contributed by atoms with Gasteiger partial charge in [0, 0.05) is 6.07 Å². The third-order valence-corrected chi connectivity index (χ3v) is 4.20. The molecule has 1 heterocycles. The van der Waals surface area contributed by atoms with Gasteiger partial charge in [-0.1, -0.05) is 19.0 Å². The zero-order valence-electron chi connectivity index (χ0n) is 14.2. The Morgan fingerprint density at radius 1 is 1.33 bits per heavy atom. The molecule has 1 aromatic rings. The Morgan fingerprint density at radius 3 is 2.50 bits per heavy atom. The summed E-state index contributed by atoms with van der Waals surface area (Å²) in [5, 5.41) is 17.3. The average Bonchev–Trinajstić information content (AvgIpc) is 2.88. The van der Waals surface area contributed by atoms with Crippen LogP contribution in [0.1, 0.15) is 33.0 Å². The van der Waals surface area contributed by atoms with E-state index >= 15 is 0 Å². The SMILES string of the molecule is Cc1cc(NC(=O)C(C)SCC(=O)N[C@H](CC(C)C)C(=O)O)no1. The molecule has 2 atom stereocenters. The molecule has 8 nitrogen and oxygen atoms in total. The first-order valence-electron chi connectivity index (χ1n) is 7.57. The maximum atomic E-state index is 12.0. The zero-order valence-corrected chi connectivity index (χ0v) is 15.0. The molecule has 0 aliphatic heterocycles. The lowest BCUT2D eigenvalue weighted by Gasteiger charge is -2.17. The van der Waals surface area contributed by atoms with Crippen molar-refractivity contribution in [3.63, 3.8) is 0 Å². The third-order valence-electron chi connectivity index (χ3n) is 3.05. The quantitative estimate of drug-likeness (QED) is 0.614. The minimum atomic E-state index is -1.06. The highest BCUT2D eigenvalue weighted by atomic mass is 32.2. The van der Waals surface area contributed by atoms with Gasteiger partial charge in [-0.15, -0.1) is 11.8 Å². The first-order valence-corrected chi connectivity index (χ1v) is 8.61. The van der Waals surface area contributed by atoms with Crippen molar-refractivity contribution in [3.8, 4) is 0 Å². The second-order valence-electron chi connectivity index (χ2n) is 5.85. The van der Waals surface area contributed by atoms with E-state index in [1.165, 1.54) is 0 Å². The summed E-state index contributed by atoms with van der Waals surface area (Å²) >= 11 is 1.12. The lowest BCUT2D eigenvalue weighted by Crippen LogP contribution is -2.42. The van der Waals surface area contributed by atoms with Crippen molar-refractivity contribution in [1.29, 1.82) is 0 Å². The van der Waals surface area contributed by atoms with E-state index in [1.807, 2.05) is 13.8 Å². The fourth-order valence-corrected chi connectivity index (χ4v) is 2.55. The summed E-state index contributed by atoms with van der Waals surface area (Å²) in [7, 11) is 0. The van der Waals surface area contributed by atoms with E-state index in [1.54, 1.807) is 19.9 Å². The number of carboxylic acid groups (broad SMARTS) is 1. The van der Waals surface area contributed by atoms with Crippen molar-refractivity contribution in [2.24, 2.45) is 5.92 Å². The number of aryl methyl sites for hydroxylation is 1. The number of aliphatic carboxylic acids is 1. The van der Waals surface area contributed by atoms with Gasteiger partial charge >= 0.3 is 5.97 Å². The van der Waals surface area contributed by atoms with Gasteiger partial charge in [0.05, 0.1) is 11.0 Å². The van der Waals surface area contributed by atoms with E-state index in [4.69, 9.17) is 9.63 Å². The molecule has 1 rings (SSSR count). The lowest BCUT2D eigenvalue weighted by atomic mass is 10.0. The Labute approximate surface area is 144 Å². The van der Waals surface area contributed by atoms with Crippen LogP contribution in [0.2, 0.25) is 0 Å². The molecule has 134 valence electrons. The molecule has 0 radical (unpaired) electrons. The van der Waals surface area contributed by atoms with Gasteiger partial charge in [-0.25, -0.2) is 4.79 Å². The van der Waals surface area contributed by atoms with Gasteiger partial charge in [-0.3, -0.25) is 9.59 Å². The molecule has 0 aromatic carbocycles.